The predicted octanol–water partition coefficient (Wildman–Crippen LogP) is 2.35. The van der Waals surface area contributed by atoms with Crippen LogP contribution in [0.5, 0.6) is 0 Å². The van der Waals surface area contributed by atoms with Crippen molar-refractivity contribution in [3.05, 3.63) is 55.7 Å². The maximum absolute atomic E-state index is 12.8. The third kappa shape index (κ3) is 3.14. The summed E-state index contributed by atoms with van der Waals surface area (Å²) in [6.07, 6.45) is 0.904. The van der Waals surface area contributed by atoms with E-state index in [0.717, 1.165) is 16.6 Å². The van der Waals surface area contributed by atoms with Crippen LogP contribution in [0.25, 0.3) is 11.2 Å². The Hall–Kier alpha value is -2.54. The Morgan fingerprint density at radius 1 is 1.15 bits per heavy atom. The van der Waals surface area contributed by atoms with E-state index < -0.39 is 5.69 Å². The molecule has 7 nitrogen and oxygen atoms in total. The molecule has 0 unspecified atom stereocenters. The van der Waals surface area contributed by atoms with Gasteiger partial charge in [-0.3, -0.25) is 18.5 Å². The highest BCUT2D eigenvalue weighted by Crippen LogP contribution is 2.20. The molecule has 3 aromatic rings. The lowest BCUT2D eigenvalue weighted by Crippen LogP contribution is -2.37. The number of rotatable bonds is 5. The van der Waals surface area contributed by atoms with Crippen LogP contribution in [0, 0.1) is 0 Å². The summed E-state index contributed by atoms with van der Waals surface area (Å²) < 4.78 is 4.33. The summed E-state index contributed by atoms with van der Waals surface area (Å²) in [5.41, 5.74) is 1.00. The lowest BCUT2D eigenvalue weighted by Gasteiger charge is -2.15. The van der Waals surface area contributed by atoms with E-state index in [1.165, 1.54) is 11.6 Å². The van der Waals surface area contributed by atoms with Crippen LogP contribution < -0.4 is 16.6 Å². The topological polar surface area (TPSA) is 73.8 Å². The van der Waals surface area contributed by atoms with Gasteiger partial charge in [0, 0.05) is 25.2 Å². The number of nitrogens with one attached hydrogen (secondary N) is 1. The predicted molar refractivity (Wildman–Crippen MR) is 104 cm³/mol. The average molecular weight is 376 g/mol. The molecular weight excluding hydrogens is 354 g/mol. The number of halogens is 1. The van der Waals surface area contributed by atoms with E-state index >= 15 is 0 Å². The van der Waals surface area contributed by atoms with Crippen LogP contribution >= 0.6 is 11.6 Å². The molecule has 0 fully saturated rings. The fourth-order valence-electron chi connectivity index (χ4n) is 2.81. The first kappa shape index (κ1) is 18.3. The van der Waals surface area contributed by atoms with Crippen molar-refractivity contribution in [2.75, 3.05) is 5.32 Å². The van der Waals surface area contributed by atoms with Gasteiger partial charge in [0.1, 0.15) is 0 Å². The number of nitrogens with zero attached hydrogens (tertiary/aromatic N) is 4. The van der Waals surface area contributed by atoms with Crippen molar-refractivity contribution in [2.24, 2.45) is 14.1 Å². The van der Waals surface area contributed by atoms with Crippen molar-refractivity contribution in [1.82, 2.24) is 18.7 Å². The van der Waals surface area contributed by atoms with Crippen LogP contribution in [0.15, 0.2) is 33.9 Å². The van der Waals surface area contributed by atoms with Crippen molar-refractivity contribution in [3.8, 4) is 0 Å². The second-order valence-electron chi connectivity index (χ2n) is 6.48. The quantitative estimate of drug-likeness (QED) is 0.742. The van der Waals surface area contributed by atoms with Crippen LogP contribution in [0.2, 0.25) is 5.02 Å². The van der Waals surface area contributed by atoms with Crippen LogP contribution in [-0.4, -0.2) is 24.7 Å². The zero-order valence-electron chi connectivity index (χ0n) is 15.3. The Bertz CT molecular complexity index is 1060. The smallest absolute Gasteiger partial charge is 0.332 e. The van der Waals surface area contributed by atoms with Gasteiger partial charge in [-0.05, 0) is 31.0 Å². The van der Waals surface area contributed by atoms with E-state index in [9.17, 15) is 9.59 Å². The molecule has 1 N–H and O–H groups in total. The lowest BCUT2D eigenvalue weighted by molar-refractivity contribution is 0.701. The molecule has 2 heterocycles. The minimum atomic E-state index is -0.395. The second kappa shape index (κ2) is 6.99. The van der Waals surface area contributed by atoms with Gasteiger partial charge in [-0.25, -0.2) is 4.79 Å². The highest BCUT2D eigenvalue weighted by molar-refractivity contribution is 6.30. The molecule has 0 aliphatic heterocycles. The van der Waals surface area contributed by atoms with Crippen molar-refractivity contribution in [2.45, 2.75) is 32.9 Å². The molecule has 0 aliphatic rings. The number of hydrogen-bond donors (Lipinski definition) is 1. The molecule has 0 radical (unpaired) electrons. The van der Waals surface area contributed by atoms with Gasteiger partial charge in [0.2, 0.25) is 5.95 Å². The molecule has 138 valence electrons. The summed E-state index contributed by atoms with van der Waals surface area (Å²) in [5, 5.41) is 3.99. The fourth-order valence-corrected chi connectivity index (χ4v) is 2.93. The molecule has 1 atom stereocenters. The van der Waals surface area contributed by atoms with Gasteiger partial charge in [0.05, 0.1) is 6.54 Å². The van der Waals surface area contributed by atoms with E-state index in [1.54, 1.807) is 7.05 Å². The molecule has 0 aliphatic carbocycles. The van der Waals surface area contributed by atoms with E-state index in [4.69, 9.17) is 11.6 Å². The zero-order chi connectivity index (χ0) is 19.0. The highest BCUT2D eigenvalue weighted by atomic mass is 35.5. The average Bonchev–Trinajstić information content (AvgIpc) is 2.98. The van der Waals surface area contributed by atoms with Gasteiger partial charge in [-0.1, -0.05) is 30.7 Å². The van der Waals surface area contributed by atoms with Gasteiger partial charge in [-0.2, -0.15) is 4.98 Å². The highest BCUT2D eigenvalue weighted by Gasteiger charge is 2.20. The van der Waals surface area contributed by atoms with Crippen LogP contribution in [0.1, 0.15) is 25.8 Å². The maximum atomic E-state index is 12.8. The van der Waals surface area contributed by atoms with Crippen LogP contribution in [0.3, 0.4) is 0 Å². The zero-order valence-corrected chi connectivity index (χ0v) is 16.0. The molecule has 8 heteroatoms. The Balaban J connectivity index is 2.25. The first-order valence-electron chi connectivity index (χ1n) is 8.50. The molecule has 0 saturated heterocycles. The molecule has 0 spiro atoms. The van der Waals surface area contributed by atoms with Gasteiger partial charge in [0.15, 0.2) is 11.2 Å². The number of anilines is 1. The molecule has 1 aromatic carbocycles. The van der Waals surface area contributed by atoms with Crippen molar-refractivity contribution < 1.29 is 0 Å². The lowest BCUT2D eigenvalue weighted by atomic mass is 10.2. The Kier molecular flexibility index (Phi) is 4.91. The largest absolute Gasteiger partial charge is 0.353 e. The monoisotopic (exact) mass is 375 g/mol. The van der Waals surface area contributed by atoms with E-state index in [2.05, 4.69) is 17.2 Å². The number of fused-ring (bicyclic) bond motifs is 1. The van der Waals surface area contributed by atoms with Crippen molar-refractivity contribution in [1.29, 1.82) is 0 Å². The fraction of sp³-hybridized carbons (Fsp3) is 0.389. The normalized spacial score (nSPS) is 12.5. The number of imidazole rings is 1. The van der Waals surface area contributed by atoms with Crippen molar-refractivity contribution >= 4 is 28.7 Å². The summed E-state index contributed by atoms with van der Waals surface area (Å²) in [5.74, 6) is 0.572. The van der Waals surface area contributed by atoms with Gasteiger partial charge in [0.25, 0.3) is 5.56 Å². The van der Waals surface area contributed by atoms with Crippen LogP contribution in [-0.2, 0) is 20.6 Å². The Labute approximate surface area is 155 Å². The second-order valence-corrected chi connectivity index (χ2v) is 6.92. The summed E-state index contributed by atoms with van der Waals surface area (Å²) in [7, 11) is 3.10. The number of benzene rings is 1. The van der Waals surface area contributed by atoms with Gasteiger partial charge < -0.3 is 5.32 Å². The van der Waals surface area contributed by atoms with Gasteiger partial charge >= 0.3 is 5.69 Å². The minimum absolute atomic E-state index is 0.177. The molecule has 0 saturated carbocycles. The first-order chi connectivity index (χ1) is 12.3. The Morgan fingerprint density at radius 3 is 2.42 bits per heavy atom. The third-order valence-electron chi connectivity index (χ3n) is 4.59. The first-order valence-corrected chi connectivity index (χ1v) is 8.88. The SMILES string of the molecule is CC[C@H](C)Nc1nc2c(c(=O)n(C)c(=O)n2C)n1Cc1ccc(Cl)cc1. The summed E-state index contributed by atoms with van der Waals surface area (Å²) in [6, 6.07) is 7.62. The third-order valence-corrected chi connectivity index (χ3v) is 4.84. The molecule has 0 bridgehead atoms. The number of hydrogen-bond acceptors (Lipinski definition) is 4. The maximum Gasteiger partial charge on any atom is 0.332 e. The summed E-state index contributed by atoms with van der Waals surface area (Å²) in [4.78, 5) is 29.6. The summed E-state index contributed by atoms with van der Waals surface area (Å²) >= 11 is 5.97. The standard InChI is InChI=1S/C18H22ClN5O2/c1-5-11(2)20-17-21-15-14(16(25)23(4)18(26)22(15)3)24(17)10-12-6-8-13(19)9-7-12/h6-9,11H,5,10H2,1-4H3,(H,20,21)/t11-/m0/s1. The molecule has 3 rings (SSSR count). The number of aryl methyl sites for hydroxylation is 1. The number of aromatic nitrogens is 4. The molecular formula is C18H22ClN5O2. The molecule has 0 amide bonds. The molecule has 26 heavy (non-hydrogen) atoms. The molecule has 2 aromatic heterocycles. The van der Waals surface area contributed by atoms with Gasteiger partial charge in [-0.15, -0.1) is 0 Å². The summed E-state index contributed by atoms with van der Waals surface area (Å²) in [6.45, 7) is 4.56. The van der Waals surface area contributed by atoms with E-state index in [0.29, 0.717) is 28.7 Å². The van der Waals surface area contributed by atoms with Crippen molar-refractivity contribution in [3.63, 3.8) is 0 Å². The minimum Gasteiger partial charge on any atom is -0.353 e. The van der Waals surface area contributed by atoms with E-state index in [1.807, 2.05) is 35.8 Å². The van der Waals surface area contributed by atoms with Crippen LogP contribution in [0.4, 0.5) is 5.95 Å². The Morgan fingerprint density at radius 2 is 1.81 bits per heavy atom. The van der Waals surface area contributed by atoms with E-state index in [-0.39, 0.29) is 11.6 Å².